The SMILES string of the molecule is COCCCNC(=O)c1ccccc1S. The summed E-state index contributed by atoms with van der Waals surface area (Å²) < 4.78 is 4.89. The summed E-state index contributed by atoms with van der Waals surface area (Å²) in [6.45, 7) is 1.28. The number of methoxy groups -OCH3 is 1. The highest BCUT2D eigenvalue weighted by atomic mass is 32.1. The molecule has 1 aromatic carbocycles. The Kier molecular flexibility index (Phi) is 5.21. The number of nitrogens with one attached hydrogen (secondary N) is 1. The molecule has 1 aromatic rings. The molecule has 4 heteroatoms. The third-order valence-electron chi connectivity index (χ3n) is 1.96. The van der Waals surface area contributed by atoms with Gasteiger partial charge in [-0.25, -0.2) is 0 Å². The highest BCUT2D eigenvalue weighted by Crippen LogP contribution is 2.12. The maximum atomic E-state index is 11.6. The van der Waals surface area contributed by atoms with E-state index < -0.39 is 0 Å². The van der Waals surface area contributed by atoms with Gasteiger partial charge < -0.3 is 10.1 Å². The van der Waals surface area contributed by atoms with Crippen molar-refractivity contribution in [2.75, 3.05) is 20.3 Å². The first-order valence-electron chi connectivity index (χ1n) is 4.81. The van der Waals surface area contributed by atoms with Crippen LogP contribution in [0.5, 0.6) is 0 Å². The van der Waals surface area contributed by atoms with E-state index in [0.29, 0.717) is 23.6 Å². The minimum atomic E-state index is -0.0864. The van der Waals surface area contributed by atoms with Crippen LogP contribution in [0.1, 0.15) is 16.8 Å². The smallest absolute Gasteiger partial charge is 0.252 e. The van der Waals surface area contributed by atoms with Crippen molar-refractivity contribution in [1.82, 2.24) is 5.32 Å². The highest BCUT2D eigenvalue weighted by Gasteiger charge is 2.06. The van der Waals surface area contributed by atoms with Gasteiger partial charge in [-0.3, -0.25) is 4.79 Å². The normalized spacial score (nSPS) is 10.0. The molecule has 0 aliphatic carbocycles. The molecular weight excluding hydrogens is 210 g/mol. The third-order valence-corrected chi connectivity index (χ3v) is 2.35. The Morgan fingerprint density at radius 1 is 1.47 bits per heavy atom. The lowest BCUT2D eigenvalue weighted by Crippen LogP contribution is -2.25. The van der Waals surface area contributed by atoms with Crippen LogP contribution in [0, 0.1) is 0 Å². The van der Waals surface area contributed by atoms with Crippen LogP contribution in [-0.4, -0.2) is 26.2 Å². The second-order valence-corrected chi connectivity index (χ2v) is 3.60. The van der Waals surface area contributed by atoms with Gasteiger partial charge >= 0.3 is 0 Å². The summed E-state index contributed by atoms with van der Waals surface area (Å²) in [7, 11) is 1.64. The first-order valence-corrected chi connectivity index (χ1v) is 5.25. The van der Waals surface area contributed by atoms with E-state index in [4.69, 9.17) is 4.74 Å². The number of hydrogen-bond acceptors (Lipinski definition) is 3. The first-order chi connectivity index (χ1) is 7.25. The molecule has 1 rings (SSSR count). The summed E-state index contributed by atoms with van der Waals surface area (Å²) in [5.41, 5.74) is 0.609. The van der Waals surface area contributed by atoms with Crippen LogP contribution in [0.3, 0.4) is 0 Å². The summed E-state index contributed by atoms with van der Waals surface area (Å²) in [5, 5.41) is 2.81. The van der Waals surface area contributed by atoms with E-state index in [-0.39, 0.29) is 5.91 Å². The minimum absolute atomic E-state index is 0.0864. The van der Waals surface area contributed by atoms with E-state index in [1.54, 1.807) is 19.2 Å². The lowest BCUT2D eigenvalue weighted by atomic mass is 10.2. The predicted molar refractivity (Wildman–Crippen MR) is 62.5 cm³/mol. The highest BCUT2D eigenvalue weighted by molar-refractivity contribution is 7.80. The van der Waals surface area contributed by atoms with E-state index in [9.17, 15) is 4.79 Å². The number of thiol groups is 1. The molecule has 0 saturated carbocycles. The predicted octanol–water partition coefficient (Wildman–Crippen LogP) is 1.74. The Bertz CT molecular complexity index is 328. The zero-order chi connectivity index (χ0) is 11.1. The van der Waals surface area contributed by atoms with Crippen LogP contribution in [0.25, 0.3) is 0 Å². The molecular formula is C11H15NO2S. The second-order valence-electron chi connectivity index (χ2n) is 3.12. The number of carbonyl (C=O) groups excluding carboxylic acids is 1. The number of ether oxygens (including phenoxy) is 1. The summed E-state index contributed by atoms with van der Waals surface area (Å²) >= 11 is 4.22. The Morgan fingerprint density at radius 2 is 2.20 bits per heavy atom. The molecule has 0 heterocycles. The average Bonchev–Trinajstić information content (AvgIpc) is 2.25. The van der Waals surface area contributed by atoms with E-state index in [1.807, 2.05) is 12.1 Å². The van der Waals surface area contributed by atoms with Gasteiger partial charge in [-0.1, -0.05) is 12.1 Å². The number of benzene rings is 1. The van der Waals surface area contributed by atoms with Gasteiger partial charge in [-0.05, 0) is 18.6 Å². The molecule has 0 aromatic heterocycles. The molecule has 1 amide bonds. The van der Waals surface area contributed by atoms with Gasteiger partial charge in [0.15, 0.2) is 0 Å². The molecule has 0 saturated heterocycles. The minimum Gasteiger partial charge on any atom is -0.385 e. The molecule has 0 bridgehead atoms. The monoisotopic (exact) mass is 225 g/mol. The van der Waals surface area contributed by atoms with E-state index in [2.05, 4.69) is 17.9 Å². The van der Waals surface area contributed by atoms with Gasteiger partial charge in [0.2, 0.25) is 0 Å². The Balaban J connectivity index is 2.44. The van der Waals surface area contributed by atoms with Gasteiger partial charge in [-0.15, -0.1) is 12.6 Å². The fraction of sp³-hybridized carbons (Fsp3) is 0.364. The molecule has 1 N–H and O–H groups in total. The molecule has 15 heavy (non-hydrogen) atoms. The Hall–Kier alpha value is -1.00. The van der Waals surface area contributed by atoms with Gasteiger partial charge in [0.05, 0.1) is 5.56 Å². The Labute approximate surface area is 95.2 Å². The van der Waals surface area contributed by atoms with Crippen molar-refractivity contribution >= 4 is 18.5 Å². The van der Waals surface area contributed by atoms with Crippen molar-refractivity contribution in [2.45, 2.75) is 11.3 Å². The van der Waals surface area contributed by atoms with E-state index in [0.717, 1.165) is 6.42 Å². The summed E-state index contributed by atoms with van der Waals surface area (Å²) in [5.74, 6) is -0.0864. The van der Waals surface area contributed by atoms with Gasteiger partial charge in [0, 0.05) is 25.2 Å². The lowest BCUT2D eigenvalue weighted by molar-refractivity contribution is 0.0946. The molecule has 0 atom stereocenters. The van der Waals surface area contributed by atoms with E-state index >= 15 is 0 Å². The Morgan fingerprint density at radius 3 is 2.87 bits per heavy atom. The first kappa shape index (κ1) is 12.1. The van der Waals surface area contributed by atoms with Crippen molar-refractivity contribution in [3.8, 4) is 0 Å². The van der Waals surface area contributed by atoms with Crippen LogP contribution >= 0.6 is 12.6 Å². The largest absolute Gasteiger partial charge is 0.385 e. The van der Waals surface area contributed by atoms with Crippen molar-refractivity contribution in [3.05, 3.63) is 29.8 Å². The van der Waals surface area contributed by atoms with Crippen LogP contribution in [-0.2, 0) is 4.74 Å². The topological polar surface area (TPSA) is 38.3 Å². The van der Waals surface area contributed by atoms with Gasteiger partial charge in [0.1, 0.15) is 0 Å². The average molecular weight is 225 g/mol. The van der Waals surface area contributed by atoms with Gasteiger partial charge in [-0.2, -0.15) is 0 Å². The van der Waals surface area contributed by atoms with Crippen LogP contribution in [0.4, 0.5) is 0 Å². The molecule has 82 valence electrons. The van der Waals surface area contributed by atoms with E-state index in [1.165, 1.54) is 0 Å². The van der Waals surface area contributed by atoms with Crippen LogP contribution in [0.15, 0.2) is 29.2 Å². The van der Waals surface area contributed by atoms with Crippen molar-refractivity contribution in [1.29, 1.82) is 0 Å². The fourth-order valence-electron chi connectivity index (χ4n) is 1.18. The number of carbonyl (C=O) groups is 1. The number of rotatable bonds is 5. The molecule has 0 radical (unpaired) electrons. The molecule has 0 aliphatic heterocycles. The molecule has 0 spiro atoms. The third kappa shape index (κ3) is 3.93. The molecule has 0 unspecified atom stereocenters. The molecule has 0 aliphatic rings. The zero-order valence-electron chi connectivity index (χ0n) is 8.69. The van der Waals surface area contributed by atoms with Crippen LogP contribution in [0.2, 0.25) is 0 Å². The number of hydrogen-bond donors (Lipinski definition) is 2. The molecule has 3 nitrogen and oxygen atoms in total. The summed E-state index contributed by atoms with van der Waals surface area (Å²) in [6, 6.07) is 7.23. The van der Waals surface area contributed by atoms with Crippen LogP contribution < -0.4 is 5.32 Å². The standard InChI is InChI=1S/C11H15NO2S/c1-14-8-4-7-12-11(13)9-5-2-3-6-10(9)15/h2-3,5-6,15H,4,7-8H2,1H3,(H,12,13). The zero-order valence-corrected chi connectivity index (χ0v) is 9.59. The quantitative estimate of drug-likeness (QED) is 0.592. The maximum absolute atomic E-state index is 11.6. The maximum Gasteiger partial charge on any atom is 0.252 e. The lowest BCUT2D eigenvalue weighted by Gasteiger charge is -2.06. The van der Waals surface area contributed by atoms with Gasteiger partial charge in [0.25, 0.3) is 5.91 Å². The second kappa shape index (κ2) is 6.48. The fourth-order valence-corrected chi connectivity index (χ4v) is 1.44. The van der Waals surface area contributed by atoms with Crippen molar-refractivity contribution in [3.63, 3.8) is 0 Å². The summed E-state index contributed by atoms with van der Waals surface area (Å²) in [6.07, 6.45) is 0.816. The van der Waals surface area contributed by atoms with Crippen molar-refractivity contribution in [2.24, 2.45) is 0 Å². The van der Waals surface area contributed by atoms with Crippen molar-refractivity contribution < 1.29 is 9.53 Å². The number of amides is 1. The summed E-state index contributed by atoms with van der Waals surface area (Å²) in [4.78, 5) is 12.3. The molecule has 0 fully saturated rings.